The first kappa shape index (κ1) is 22.9. The highest BCUT2D eigenvalue weighted by atomic mass is 28.4. The second-order valence-electron chi connectivity index (χ2n) is 10.2. The van der Waals surface area contributed by atoms with Gasteiger partial charge in [-0.05, 0) is 54.3 Å². The van der Waals surface area contributed by atoms with Crippen LogP contribution in [0.15, 0.2) is 12.1 Å². The Morgan fingerprint density at radius 2 is 1.27 bits per heavy atom. The Bertz CT molecular complexity index is 684. The molecular formula is C22H38O2Si2. The van der Waals surface area contributed by atoms with Crippen molar-refractivity contribution in [2.24, 2.45) is 0 Å². The van der Waals surface area contributed by atoms with Crippen LogP contribution in [-0.4, -0.2) is 16.6 Å². The number of hydrogen-bond acceptors (Lipinski definition) is 2. The van der Waals surface area contributed by atoms with Crippen LogP contribution in [0.4, 0.5) is 0 Å². The third-order valence-electron chi connectivity index (χ3n) is 6.04. The number of hydrogen-bond donors (Lipinski definition) is 0. The van der Waals surface area contributed by atoms with Gasteiger partial charge in [0.15, 0.2) is 0 Å². The summed E-state index contributed by atoms with van der Waals surface area (Å²) in [7, 11) is -3.91. The summed E-state index contributed by atoms with van der Waals surface area (Å²) in [5, 5.41) is 0.256. The molecule has 1 rings (SSSR count). The Kier molecular flexibility index (Phi) is 6.54. The van der Waals surface area contributed by atoms with E-state index in [-0.39, 0.29) is 10.1 Å². The van der Waals surface area contributed by atoms with E-state index in [1.807, 2.05) is 0 Å². The van der Waals surface area contributed by atoms with Gasteiger partial charge in [-0.3, -0.25) is 0 Å². The molecule has 0 unspecified atom stereocenters. The molecule has 1 aromatic carbocycles. The van der Waals surface area contributed by atoms with Gasteiger partial charge < -0.3 is 8.85 Å². The lowest BCUT2D eigenvalue weighted by atomic mass is 10.1. The minimum absolute atomic E-state index is 0.114. The number of terminal acetylenes is 1. The molecule has 0 N–H and O–H groups in total. The fourth-order valence-corrected chi connectivity index (χ4v) is 4.10. The normalized spacial score (nSPS) is 13.3. The van der Waals surface area contributed by atoms with E-state index in [0.717, 1.165) is 29.0 Å². The van der Waals surface area contributed by atoms with E-state index in [1.54, 1.807) is 0 Å². The molecule has 2 nitrogen and oxygen atoms in total. The summed E-state index contributed by atoms with van der Waals surface area (Å²) in [6, 6.07) is 4.12. The van der Waals surface area contributed by atoms with Crippen molar-refractivity contribution in [3.05, 3.63) is 23.3 Å². The van der Waals surface area contributed by atoms with Gasteiger partial charge in [0, 0.05) is 6.07 Å². The third-order valence-corrected chi connectivity index (χ3v) is 14.7. The number of aryl methyl sites for hydroxylation is 1. The van der Waals surface area contributed by atoms with Crippen LogP contribution in [0.1, 0.15) is 59.6 Å². The fraction of sp³-hybridized carbons (Fsp3) is 0.636. The number of benzene rings is 1. The maximum absolute atomic E-state index is 6.63. The summed E-state index contributed by atoms with van der Waals surface area (Å²) in [6.45, 7) is 24.7. The summed E-state index contributed by atoms with van der Waals surface area (Å²) in [5.74, 6) is 4.55. The smallest absolute Gasteiger partial charge is 0.250 e. The quantitative estimate of drug-likeness (QED) is 0.398. The van der Waals surface area contributed by atoms with E-state index in [2.05, 4.69) is 92.7 Å². The maximum Gasteiger partial charge on any atom is 0.250 e. The third kappa shape index (κ3) is 4.95. The summed E-state index contributed by atoms with van der Waals surface area (Å²) >= 11 is 0. The molecule has 4 heteroatoms. The molecule has 0 fully saturated rings. The molecule has 1 aromatic rings. The van der Waals surface area contributed by atoms with Crippen LogP contribution in [0.5, 0.6) is 11.5 Å². The summed E-state index contributed by atoms with van der Waals surface area (Å²) < 4.78 is 13.2. The van der Waals surface area contributed by atoms with E-state index in [4.69, 9.17) is 15.3 Å². The summed E-state index contributed by atoms with van der Waals surface area (Å²) in [5.41, 5.74) is 1.99. The highest BCUT2D eigenvalue weighted by molar-refractivity contribution is 6.75. The average Bonchev–Trinajstić information content (AvgIpc) is 2.44. The lowest BCUT2D eigenvalue weighted by molar-refractivity contribution is 0.470. The van der Waals surface area contributed by atoms with Gasteiger partial charge in [-0.2, -0.15) is 0 Å². The molecule has 0 heterocycles. The van der Waals surface area contributed by atoms with Gasteiger partial charge >= 0.3 is 0 Å². The molecule has 0 amide bonds. The first-order chi connectivity index (χ1) is 11.6. The fourth-order valence-electron chi connectivity index (χ4n) is 2.03. The van der Waals surface area contributed by atoms with E-state index >= 15 is 0 Å². The monoisotopic (exact) mass is 390 g/mol. The zero-order valence-electron chi connectivity index (χ0n) is 18.8. The van der Waals surface area contributed by atoms with Crippen molar-refractivity contribution in [1.29, 1.82) is 0 Å². The minimum Gasteiger partial charge on any atom is -0.543 e. The van der Waals surface area contributed by atoms with Gasteiger partial charge in [0.2, 0.25) is 8.32 Å². The second-order valence-corrected chi connectivity index (χ2v) is 19.6. The van der Waals surface area contributed by atoms with E-state index in [9.17, 15) is 0 Å². The van der Waals surface area contributed by atoms with Crippen LogP contribution in [0.3, 0.4) is 0 Å². The van der Waals surface area contributed by atoms with Crippen LogP contribution in [0.25, 0.3) is 0 Å². The molecule has 0 aliphatic carbocycles. The molecule has 0 radical (unpaired) electrons. The van der Waals surface area contributed by atoms with Gasteiger partial charge in [-0.15, -0.1) is 6.42 Å². The Labute approximate surface area is 164 Å². The highest BCUT2D eigenvalue weighted by Gasteiger charge is 2.41. The highest BCUT2D eigenvalue weighted by Crippen LogP contribution is 2.42. The molecule has 0 aliphatic rings. The van der Waals surface area contributed by atoms with Gasteiger partial charge in [0.25, 0.3) is 8.32 Å². The molecule has 0 aliphatic heterocycles. The van der Waals surface area contributed by atoms with Crippen LogP contribution in [-0.2, 0) is 6.42 Å². The van der Waals surface area contributed by atoms with Gasteiger partial charge in [0.1, 0.15) is 11.5 Å². The zero-order valence-corrected chi connectivity index (χ0v) is 20.8. The molecular weight excluding hydrogens is 352 g/mol. The molecule has 0 bridgehead atoms. The Morgan fingerprint density at radius 1 is 0.846 bits per heavy atom. The largest absolute Gasteiger partial charge is 0.543 e. The van der Waals surface area contributed by atoms with Gasteiger partial charge in [0.05, 0.1) is 5.56 Å². The molecule has 26 heavy (non-hydrogen) atoms. The zero-order chi connectivity index (χ0) is 20.6. The van der Waals surface area contributed by atoms with E-state index in [0.29, 0.717) is 0 Å². The second kappa shape index (κ2) is 7.44. The van der Waals surface area contributed by atoms with Crippen LogP contribution < -0.4 is 8.85 Å². The molecule has 0 spiro atoms. The van der Waals surface area contributed by atoms with Crippen LogP contribution >= 0.6 is 0 Å². The Hall–Kier alpha value is -1.19. The van der Waals surface area contributed by atoms with E-state index < -0.39 is 16.6 Å². The topological polar surface area (TPSA) is 18.5 Å². The van der Waals surface area contributed by atoms with E-state index in [1.165, 1.54) is 0 Å². The van der Waals surface area contributed by atoms with Crippen LogP contribution in [0.2, 0.25) is 36.3 Å². The van der Waals surface area contributed by atoms with Crippen LogP contribution in [0, 0.1) is 12.3 Å². The lowest BCUT2D eigenvalue weighted by Crippen LogP contribution is -2.44. The minimum atomic E-state index is -1.98. The predicted octanol–water partition coefficient (Wildman–Crippen LogP) is 7.00. The summed E-state index contributed by atoms with van der Waals surface area (Å²) in [4.78, 5) is 0. The Balaban J connectivity index is 3.44. The van der Waals surface area contributed by atoms with Crippen molar-refractivity contribution < 1.29 is 8.85 Å². The van der Waals surface area contributed by atoms with Crippen molar-refractivity contribution >= 4 is 16.6 Å². The van der Waals surface area contributed by atoms with Crippen molar-refractivity contribution in [3.63, 3.8) is 0 Å². The molecule has 0 atom stereocenters. The van der Waals surface area contributed by atoms with Crippen molar-refractivity contribution in [3.8, 4) is 23.8 Å². The van der Waals surface area contributed by atoms with Crippen molar-refractivity contribution in [2.45, 2.75) is 91.2 Å². The van der Waals surface area contributed by atoms with Crippen molar-refractivity contribution in [1.82, 2.24) is 0 Å². The maximum atomic E-state index is 6.63. The van der Waals surface area contributed by atoms with Gasteiger partial charge in [-0.25, -0.2) is 0 Å². The predicted molar refractivity (Wildman–Crippen MR) is 119 cm³/mol. The SMILES string of the molecule is C#Cc1cc(CC)c(O[Si](C)(C)C(C)(C)C)cc1O[Si](C)(C)C(C)(C)C. The Morgan fingerprint density at radius 3 is 1.62 bits per heavy atom. The molecule has 0 saturated heterocycles. The van der Waals surface area contributed by atoms with Crippen molar-refractivity contribution in [2.75, 3.05) is 0 Å². The first-order valence-electron chi connectivity index (χ1n) is 9.57. The molecule has 0 saturated carbocycles. The standard InChI is InChI=1S/C22H38O2Si2/c1-13-17-15-18(14-2)20(24-26(11,12)22(6,7)8)16-19(17)23-25(9,10)21(3,4)5/h1,15-16H,14H2,2-12H3. The van der Waals surface area contributed by atoms with Gasteiger partial charge in [-0.1, -0.05) is 54.4 Å². The average molecular weight is 391 g/mol. The molecule has 146 valence electrons. The lowest BCUT2D eigenvalue weighted by Gasteiger charge is -2.38. The molecule has 0 aromatic heterocycles. The number of rotatable bonds is 5. The summed E-state index contributed by atoms with van der Waals surface area (Å²) in [6.07, 6.45) is 6.69. The first-order valence-corrected chi connectivity index (χ1v) is 15.4.